The smallest absolute Gasteiger partial charge is 0.306 e. The van der Waals surface area contributed by atoms with Crippen molar-refractivity contribution in [2.75, 3.05) is 20.1 Å². The van der Waals surface area contributed by atoms with Crippen LogP contribution in [-0.4, -0.2) is 46.8 Å². The van der Waals surface area contributed by atoms with E-state index in [0.29, 0.717) is 13.0 Å². The van der Waals surface area contributed by atoms with Crippen molar-refractivity contribution < 1.29 is 15.0 Å². The molecule has 0 saturated carbocycles. The Morgan fingerprint density at radius 2 is 2.33 bits per heavy atom. The molecule has 0 spiro atoms. The largest absolute Gasteiger partial charge is 0.481 e. The summed E-state index contributed by atoms with van der Waals surface area (Å²) in [5, 5.41) is 18.3. The van der Waals surface area contributed by atoms with Crippen LogP contribution in [0.2, 0.25) is 0 Å². The molecule has 0 aromatic rings. The number of likely N-dealkylation sites (N-methyl/N-ethyl adjacent to an activating group) is 1. The van der Waals surface area contributed by atoms with Gasteiger partial charge in [-0.25, -0.2) is 0 Å². The number of aliphatic hydroxyl groups is 1. The van der Waals surface area contributed by atoms with Gasteiger partial charge in [-0.05, 0) is 26.4 Å². The Bertz CT molecular complexity index is 183. The Morgan fingerprint density at radius 1 is 1.67 bits per heavy atom. The van der Waals surface area contributed by atoms with E-state index in [0.717, 1.165) is 13.0 Å². The number of hydrogen-bond acceptors (Lipinski definition) is 3. The number of carboxylic acids is 1. The number of carbonyl (C=O) groups is 1. The number of hydrogen-bond donors (Lipinski definition) is 2. The molecule has 12 heavy (non-hydrogen) atoms. The molecule has 1 rings (SSSR count). The molecule has 0 aromatic carbocycles. The number of nitrogens with zero attached hydrogens (tertiary/aromatic N) is 1. The van der Waals surface area contributed by atoms with E-state index in [4.69, 9.17) is 5.11 Å². The van der Waals surface area contributed by atoms with E-state index in [1.165, 1.54) is 0 Å². The Hall–Kier alpha value is -0.610. The second kappa shape index (κ2) is 3.41. The maximum atomic E-state index is 10.4. The summed E-state index contributed by atoms with van der Waals surface area (Å²) in [5.74, 6) is -0.923. The van der Waals surface area contributed by atoms with Crippen molar-refractivity contribution in [2.24, 2.45) is 0 Å². The predicted molar refractivity (Wildman–Crippen MR) is 43.9 cm³/mol. The summed E-state index contributed by atoms with van der Waals surface area (Å²) in [6, 6.07) is 0. The molecule has 0 aromatic heterocycles. The lowest BCUT2D eigenvalue weighted by atomic mass is 9.90. The predicted octanol–water partition coefficient (Wildman–Crippen LogP) is -0.0822. The van der Waals surface area contributed by atoms with Gasteiger partial charge < -0.3 is 15.1 Å². The fraction of sp³-hybridized carbons (Fsp3) is 0.875. The lowest BCUT2D eigenvalue weighted by molar-refractivity contribution is -0.144. The van der Waals surface area contributed by atoms with E-state index in [-0.39, 0.29) is 6.42 Å². The SMILES string of the molecule is CN1CCC[C@](O)(CC(=O)O)C1. The molecule has 1 aliphatic heterocycles. The first-order chi connectivity index (χ1) is 5.52. The van der Waals surface area contributed by atoms with Crippen LogP contribution in [0.15, 0.2) is 0 Å². The summed E-state index contributed by atoms with van der Waals surface area (Å²) in [6.45, 7) is 1.42. The molecule has 0 unspecified atom stereocenters. The summed E-state index contributed by atoms with van der Waals surface area (Å²) in [5.41, 5.74) is -1.00. The number of β-amino-alcohol motifs (C(OH)–C–C–N with tert-alkyl or cyclic N) is 1. The van der Waals surface area contributed by atoms with Crippen molar-refractivity contribution in [3.05, 3.63) is 0 Å². The third kappa shape index (κ3) is 2.46. The van der Waals surface area contributed by atoms with Gasteiger partial charge >= 0.3 is 5.97 Å². The standard InChI is InChI=1S/C8H15NO3/c1-9-4-2-3-8(12,6-9)5-7(10)11/h12H,2-6H2,1H3,(H,10,11)/t8-/m0/s1. The van der Waals surface area contributed by atoms with Crippen LogP contribution in [0.5, 0.6) is 0 Å². The van der Waals surface area contributed by atoms with Crippen LogP contribution in [0, 0.1) is 0 Å². The Kier molecular flexibility index (Phi) is 2.69. The molecule has 1 aliphatic rings. The average Bonchev–Trinajstić information content (AvgIpc) is 1.82. The minimum absolute atomic E-state index is 0.142. The van der Waals surface area contributed by atoms with Gasteiger partial charge in [0.2, 0.25) is 0 Å². The third-order valence-electron chi connectivity index (χ3n) is 2.23. The molecule has 2 N–H and O–H groups in total. The van der Waals surface area contributed by atoms with Crippen LogP contribution in [0.3, 0.4) is 0 Å². The summed E-state index contributed by atoms with van der Waals surface area (Å²) < 4.78 is 0. The van der Waals surface area contributed by atoms with Gasteiger partial charge in [-0.1, -0.05) is 0 Å². The maximum Gasteiger partial charge on any atom is 0.306 e. The van der Waals surface area contributed by atoms with Gasteiger partial charge in [0.25, 0.3) is 0 Å². The lowest BCUT2D eigenvalue weighted by Gasteiger charge is -2.36. The van der Waals surface area contributed by atoms with Crippen LogP contribution < -0.4 is 0 Å². The van der Waals surface area contributed by atoms with E-state index in [2.05, 4.69) is 0 Å². The van der Waals surface area contributed by atoms with Crippen LogP contribution >= 0.6 is 0 Å². The van der Waals surface area contributed by atoms with E-state index in [1.54, 1.807) is 0 Å². The quantitative estimate of drug-likeness (QED) is 0.613. The zero-order valence-electron chi connectivity index (χ0n) is 7.29. The lowest BCUT2D eigenvalue weighted by Crippen LogP contribution is -2.47. The Balaban J connectivity index is 2.51. The minimum Gasteiger partial charge on any atom is -0.481 e. The molecule has 1 atom stereocenters. The zero-order chi connectivity index (χ0) is 9.19. The first-order valence-corrected chi connectivity index (χ1v) is 4.15. The molecule has 0 amide bonds. The second-order valence-electron chi connectivity index (χ2n) is 3.64. The molecule has 1 heterocycles. The topological polar surface area (TPSA) is 60.8 Å². The van der Waals surface area contributed by atoms with Crippen molar-refractivity contribution >= 4 is 5.97 Å². The van der Waals surface area contributed by atoms with Gasteiger partial charge in [0.1, 0.15) is 0 Å². The molecule has 4 nitrogen and oxygen atoms in total. The highest BCUT2D eigenvalue weighted by Gasteiger charge is 2.33. The van der Waals surface area contributed by atoms with Gasteiger partial charge in [-0.15, -0.1) is 0 Å². The third-order valence-corrected chi connectivity index (χ3v) is 2.23. The van der Waals surface area contributed by atoms with Gasteiger partial charge in [0.15, 0.2) is 0 Å². The molecule has 1 saturated heterocycles. The molecule has 0 radical (unpaired) electrons. The Morgan fingerprint density at radius 3 is 2.83 bits per heavy atom. The summed E-state index contributed by atoms with van der Waals surface area (Å²) >= 11 is 0. The summed E-state index contributed by atoms with van der Waals surface area (Å²) in [4.78, 5) is 12.4. The van der Waals surface area contributed by atoms with Crippen molar-refractivity contribution in [3.63, 3.8) is 0 Å². The van der Waals surface area contributed by atoms with E-state index in [1.807, 2.05) is 11.9 Å². The first-order valence-electron chi connectivity index (χ1n) is 4.15. The van der Waals surface area contributed by atoms with Gasteiger partial charge in [0.05, 0.1) is 12.0 Å². The van der Waals surface area contributed by atoms with Crippen molar-refractivity contribution in [2.45, 2.75) is 24.9 Å². The maximum absolute atomic E-state index is 10.4. The molecule has 0 bridgehead atoms. The van der Waals surface area contributed by atoms with Crippen molar-refractivity contribution in [1.82, 2.24) is 4.90 Å². The molecular formula is C8H15NO3. The van der Waals surface area contributed by atoms with Crippen LogP contribution in [0.1, 0.15) is 19.3 Å². The number of likely N-dealkylation sites (tertiary alicyclic amines) is 1. The average molecular weight is 173 g/mol. The van der Waals surface area contributed by atoms with Crippen molar-refractivity contribution in [1.29, 1.82) is 0 Å². The number of aliphatic carboxylic acids is 1. The number of carboxylic acid groups (broad SMARTS) is 1. The molecular weight excluding hydrogens is 158 g/mol. The summed E-state index contributed by atoms with van der Waals surface area (Å²) in [7, 11) is 1.89. The van der Waals surface area contributed by atoms with Gasteiger partial charge in [0, 0.05) is 6.54 Å². The highest BCUT2D eigenvalue weighted by molar-refractivity contribution is 5.68. The van der Waals surface area contributed by atoms with Crippen LogP contribution in [0.25, 0.3) is 0 Å². The van der Waals surface area contributed by atoms with Crippen LogP contribution in [0.4, 0.5) is 0 Å². The van der Waals surface area contributed by atoms with Gasteiger partial charge in [-0.3, -0.25) is 4.79 Å². The monoisotopic (exact) mass is 173 g/mol. The van der Waals surface area contributed by atoms with E-state index in [9.17, 15) is 9.90 Å². The summed E-state index contributed by atoms with van der Waals surface area (Å²) in [6.07, 6.45) is 1.33. The van der Waals surface area contributed by atoms with E-state index >= 15 is 0 Å². The van der Waals surface area contributed by atoms with Crippen LogP contribution in [-0.2, 0) is 4.79 Å². The fourth-order valence-corrected chi connectivity index (χ4v) is 1.76. The molecule has 70 valence electrons. The highest BCUT2D eigenvalue weighted by Crippen LogP contribution is 2.23. The molecule has 0 aliphatic carbocycles. The molecule has 1 fully saturated rings. The molecule has 4 heteroatoms. The number of rotatable bonds is 2. The van der Waals surface area contributed by atoms with Gasteiger partial charge in [-0.2, -0.15) is 0 Å². The number of piperidine rings is 1. The minimum atomic E-state index is -1.00. The highest BCUT2D eigenvalue weighted by atomic mass is 16.4. The zero-order valence-corrected chi connectivity index (χ0v) is 7.29. The second-order valence-corrected chi connectivity index (χ2v) is 3.64. The normalized spacial score (nSPS) is 31.8. The fourth-order valence-electron chi connectivity index (χ4n) is 1.76. The first kappa shape index (κ1) is 9.48. The Labute approximate surface area is 71.8 Å². The van der Waals surface area contributed by atoms with Crippen molar-refractivity contribution in [3.8, 4) is 0 Å². The van der Waals surface area contributed by atoms with E-state index < -0.39 is 11.6 Å².